The Kier molecular flexibility index (Phi) is 4.46. The molecule has 124 valence electrons. The standard InChI is InChI=1S/C19H21N3S2/c1-12-8-9-14-15(10-12)24-18-16(14)17(21-19(22-18)23-2)20-11-13-6-4-3-5-7-13/h3-7,12H,8-11H2,1-2H3,(H,20,21,22)/t12-/m0/s1. The van der Waals surface area contributed by atoms with Crippen molar-refractivity contribution >= 4 is 39.1 Å². The highest BCUT2D eigenvalue weighted by Gasteiger charge is 2.23. The number of fused-ring (bicyclic) bond motifs is 3. The number of anilines is 1. The second-order valence-electron chi connectivity index (χ2n) is 6.43. The Labute approximate surface area is 150 Å². The fraction of sp³-hybridized carbons (Fsp3) is 0.368. The highest BCUT2D eigenvalue weighted by Crippen LogP contribution is 2.40. The summed E-state index contributed by atoms with van der Waals surface area (Å²) >= 11 is 3.47. The molecular formula is C19H21N3S2. The van der Waals surface area contributed by atoms with E-state index in [1.807, 2.05) is 17.6 Å². The maximum Gasteiger partial charge on any atom is 0.190 e. The van der Waals surface area contributed by atoms with Gasteiger partial charge in [0.25, 0.3) is 0 Å². The Hall–Kier alpha value is -1.59. The molecule has 0 spiro atoms. The molecule has 1 aromatic carbocycles. The van der Waals surface area contributed by atoms with Crippen LogP contribution in [-0.2, 0) is 19.4 Å². The van der Waals surface area contributed by atoms with Gasteiger partial charge in [-0.05, 0) is 42.6 Å². The molecule has 0 saturated carbocycles. The van der Waals surface area contributed by atoms with Gasteiger partial charge in [0.05, 0.1) is 5.39 Å². The van der Waals surface area contributed by atoms with E-state index >= 15 is 0 Å². The van der Waals surface area contributed by atoms with E-state index in [2.05, 4.69) is 42.6 Å². The Balaban J connectivity index is 1.75. The molecule has 1 aliphatic carbocycles. The van der Waals surface area contributed by atoms with Crippen molar-refractivity contribution in [3.05, 3.63) is 46.3 Å². The molecule has 0 radical (unpaired) electrons. The van der Waals surface area contributed by atoms with Gasteiger partial charge in [-0.3, -0.25) is 0 Å². The molecule has 1 N–H and O–H groups in total. The first-order valence-electron chi connectivity index (χ1n) is 8.38. The zero-order chi connectivity index (χ0) is 16.5. The van der Waals surface area contributed by atoms with Crippen LogP contribution in [0, 0.1) is 5.92 Å². The van der Waals surface area contributed by atoms with Crippen LogP contribution in [-0.4, -0.2) is 16.2 Å². The summed E-state index contributed by atoms with van der Waals surface area (Å²) in [5.41, 5.74) is 2.75. The average Bonchev–Trinajstić information content (AvgIpc) is 2.97. The highest BCUT2D eigenvalue weighted by molar-refractivity contribution is 7.98. The molecule has 3 nitrogen and oxygen atoms in total. The van der Waals surface area contributed by atoms with Crippen molar-refractivity contribution in [2.75, 3.05) is 11.6 Å². The van der Waals surface area contributed by atoms with Crippen LogP contribution in [0.1, 0.15) is 29.3 Å². The number of rotatable bonds is 4. The van der Waals surface area contributed by atoms with E-state index in [0.29, 0.717) is 0 Å². The van der Waals surface area contributed by atoms with Gasteiger partial charge in [-0.1, -0.05) is 49.0 Å². The van der Waals surface area contributed by atoms with Crippen molar-refractivity contribution in [1.29, 1.82) is 0 Å². The molecule has 24 heavy (non-hydrogen) atoms. The van der Waals surface area contributed by atoms with E-state index in [4.69, 9.17) is 9.97 Å². The van der Waals surface area contributed by atoms with Crippen LogP contribution in [0.3, 0.4) is 0 Å². The molecule has 2 heterocycles. The minimum Gasteiger partial charge on any atom is -0.365 e. The summed E-state index contributed by atoms with van der Waals surface area (Å²) in [7, 11) is 0. The molecule has 3 aromatic rings. The summed E-state index contributed by atoms with van der Waals surface area (Å²) in [6.45, 7) is 3.14. The number of thiophene rings is 1. The monoisotopic (exact) mass is 355 g/mol. The topological polar surface area (TPSA) is 37.8 Å². The normalized spacial score (nSPS) is 17.0. The van der Waals surface area contributed by atoms with Crippen molar-refractivity contribution in [1.82, 2.24) is 9.97 Å². The second-order valence-corrected chi connectivity index (χ2v) is 8.29. The second kappa shape index (κ2) is 6.73. The fourth-order valence-corrected chi connectivity index (χ4v) is 5.13. The van der Waals surface area contributed by atoms with Crippen LogP contribution in [0.4, 0.5) is 5.82 Å². The number of nitrogens with one attached hydrogen (secondary N) is 1. The molecule has 0 amide bonds. The van der Waals surface area contributed by atoms with Crippen LogP contribution >= 0.6 is 23.1 Å². The van der Waals surface area contributed by atoms with Crippen LogP contribution in [0.5, 0.6) is 0 Å². The molecule has 1 atom stereocenters. The van der Waals surface area contributed by atoms with Crippen molar-refractivity contribution in [2.24, 2.45) is 5.92 Å². The summed E-state index contributed by atoms with van der Waals surface area (Å²) < 4.78 is 0. The third-order valence-corrected chi connectivity index (χ3v) is 6.32. The van der Waals surface area contributed by atoms with Crippen LogP contribution < -0.4 is 5.32 Å². The summed E-state index contributed by atoms with van der Waals surface area (Å²) in [5, 5.41) is 5.68. The van der Waals surface area contributed by atoms with Gasteiger partial charge in [-0.2, -0.15) is 0 Å². The SMILES string of the molecule is CSc1nc(NCc2ccccc2)c2c3c(sc2n1)C[C@@H](C)CC3. The number of hydrogen-bond donors (Lipinski definition) is 1. The first-order chi connectivity index (χ1) is 11.7. The lowest BCUT2D eigenvalue weighted by molar-refractivity contribution is 0.509. The average molecular weight is 356 g/mol. The summed E-state index contributed by atoms with van der Waals surface area (Å²) in [6, 6.07) is 10.5. The smallest absolute Gasteiger partial charge is 0.190 e. The van der Waals surface area contributed by atoms with E-state index in [1.165, 1.54) is 34.2 Å². The van der Waals surface area contributed by atoms with Gasteiger partial charge >= 0.3 is 0 Å². The number of aromatic nitrogens is 2. The fourth-order valence-electron chi connectivity index (χ4n) is 3.32. The minimum absolute atomic E-state index is 0.777. The van der Waals surface area contributed by atoms with Crippen LogP contribution in [0.2, 0.25) is 0 Å². The number of nitrogens with zero attached hydrogens (tertiary/aromatic N) is 2. The molecule has 0 unspecified atom stereocenters. The van der Waals surface area contributed by atoms with E-state index in [9.17, 15) is 0 Å². The summed E-state index contributed by atoms with van der Waals surface area (Å²) in [4.78, 5) is 12.2. The third kappa shape index (κ3) is 3.03. The van der Waals surface area contributed by atoms with Gasteiger partial charge in [-0.15, -0.1) is 11.3 Å². The lowest BCUT2D eigenvalue weighted by atomic mass is 9.89. The Morgan fingerprint density at radius 1 is 1.25 bits per heavy atom. The zero-order valence-corrected chi connectivity index (χ0v) is 15.6. The number of thioether (sulfide) groups is 1. The predicted molar refractivity (Wildman–Crippen MR) is 104 cm³/mol. The molecular weight excluding hydrogens is 334 g/mol. The molecule has 1 aliphatic rings. The summed E-state index contributed by atoms with van der Waals surface area (Å²) in [5.74, 6) is 1.78. The van der Waals surface area contributed by atoms with E-state index in [1.54, 1.807) is 11.8 Å². The van der Waals surface area contributed by atoms with E-state index < -0.39 is 0 Å². The van der Waals surface area contributed by atoms with Crippen molar-refractivity contribution in [3.8, 4) is 0 Å². The molecule has 0 fully saturated rings. The third-order valence-electron chi connectivity index (χ3n) is 4.62. The quantitative estimate of drug-likeness (QED) is 0.519. The van der Waals surface area contributed by atoms with Gasteiger partial charge in [0.15, 0.2) is 5.16 Å². The Bertz CT molecular complexity index is 858. The molecule has 5 heteroatoms. The Morgan fingerprint density at radius 3 is 2.88 bits per heavy atom. The van der Waals surface area contributed by atoms with Crippen LogP contribution in [0.25, 0.3) is 10.2 Å². The highest BCUT2D eigenvalue weighted by atomic mass is 32.2. The van der Waals surface area contributed by atoms with Crippen molar-refractivity contribution in [2.45, 2.75) is 37.9 Å². The Morgan fingerprint density at radius 2 is 2.08 bits per heavy atom. The van der Waals surface area contributed by atoms with Gasteiger partial charge in [-0.25, -0.2) is 9.97 Å². The first-order valence-corrected chi connectivity index (χ1v) is 10.4. The van der Waals surface area contributed by atoms with E-state index in [-0.39, 0.29) is 0 Å². The molecule has 4 rings (SSSR count). The van der Waals surface area contributed by atoms with Gasteiger partial charge in [0, 0.05) is 11.4 Å². The van der Waals surface area contributed by atoms with E-state index in [0.717, 1.165) is 34.7 Å². The largest absolute Gasteiger partial charge is 0.365 e. The van der Waals surface area contributed by atoms with Crippen LogP contribution in [0.15, 0.2) is 35.5 Å². The minimum atomic E-state index is 0.777. The lowest BCUT2D eigenvalue weighted by Crippen LogP contribution is -2.09. The van der Waals surface area contributed by atoms with Gasteiger partial charge in [0.2, 0.25) is 0 Å². The maximum absolute atomic E-state index is 4.78. The molecule has 0 aliphatic heterocycles. The summed E-state index contributed by atoms with van der Waals surface area (Å²) in [6.07, 6.45) is 5.64. The number of hydrogen-bond acceptors (Lipinski definition) is 5. The molecule has 2 aromatic heterocycles. The molecule has 0 saturated heterocycles. The first kappa shape index (κ1) is 15.9. The molecule has 0 bridgehead atoms. The zero-order valence-electron chi connectivity index (χ0n) is 14.0. The number of benzene rings is 1. The number of aryl methyl sites for hydroxylation is 1. The van der Waals surface area contributed by atoms with Crippen molar-refractivity contribution < 1.29 is 0 Å². The van der Waals surface area contributed by atoms with Gasteiger partial charge in [0.1, 0.15) is 10.6 Å². The van der Waals surface area contributed by atoms with Crippen molar-refractivity contribution in [3.63, 3.8) is 0 Å². The predicted octanol–water partition coefficient (Wildman–Crippen LogP) is 5.15. The lowest BCUT2D eigenvalue weighted by Gasteiger charge is -2.18. The maximum atomic E-state index is 4.78. The van der Waals surface area contributed by atoms with Gasteiger partial charge < -0.3 is 5.32 Å².